The monoisotopic (exact) mass is 255 g/mol. The predicted molar refractivity (Wildman–Crippen MR) is 62.1 cm³/mol. The van der Waals surface area contributed by atoms with Crippen LogP contribution in [0, 0.1) is 5.41 Å². The minimum Gasteiger partial charge on any atom is -0.395 e. The summed E-state index contributed by atoms with van der Waals surface area (Å²) in [4.78, 5) is 3.92. The summed E-state index contributed by atoms with van der Waals surface area (Å²) in [6, 6.07) is 4.09. The highest BCUT2D eigenvalue weighted by Gasteiger charge is 2.86. The normalized spacial score (nSPS) is 51.3. The lowest BCUT2D eigenvalue weighted by Gasteiger charge is -2.50. The van der Waals surface area contributed by atoms with Crippen LogP contribution in [0.25, 0.3) is 0 Å². The molecule has 1 unspecified atom stereocenters. The summed E-state index contributed by atoms with van der Waals surface area (Å²) >= 11 is 12.9. The number of aliphatic hydroxyl groups excluding tert-OH is 1. The molecule has 5 atom stereocenters. The van der Waals surface area contributed by atoms with E-state index in [1.54, 1.807) is 0 Å². The minimum absolute atomic E-state index is 0.0127. The number of nitrogens with zero attached hydrogens (tertiary/aromatic N) is 1. The van der Waals surface area contributed by atoms with Crippen molar-refractivity contribution in [2.24, 2.45) is 5.41 Å². The van der Waals surface area contributed by atoms with Crippen molar-refractivity contribution in [3.05, 3.63) is 29.6 Å². The van der Waals surface area contributed by atoms with Crippen LogP contribution in [0.15, 0.2) is 18.3 Å². The fraction of sp³-hybridized carbons (Fsp3) is 0.583. The van der Waals surface area contributed by atoms with Crippen molar-refractivity contribution in [1.82, 2.24) is 4.98 Å². The molecule has 0 bridgehead atoms. The number of aromatic nitrogens is 1. The fourth-order valence-electron chi connectivity index (χ4n) is 4.07. The summed E-state index contributed by atoms with van der Waals surface area (Å²) in [5.41, 5.74) is 2.30. The lowest BCUT2D eigenvalue weighted by Crippen LogP contribution is -2.53. The Morgan fingerprint density at radius 2 is 2.38 bits per heavy atom. The molecule has 4 rings (SSSR count). The van der Waals surface area contributed by atoms with Gasteiger partial charge in [-0.3, -0.25) is 4.98 Å². The van der Waals surface area contributed by atoms with Crippen LogP contribution >= 0.6 is 23.2 Å². The molecule has 0 amide bonds. The standard InChI is InChI=1S/C12H11Cl2NO/c13-10-8-9-6(2-1-3-15-9)7-4-11(14,5-16)12(7,8)10/h1-3,7-8,10,16H,4-5H2/t7-,8+,10-,11+,12?/m1/s1. The number of aliphatic hydroxyl groups is 1. The molecule has 0 aliphatic heterocycles. The van der Waals surface area contributed by atoms with E-state index in [2.05, 4.69) is 11.1 Å². The highest BCUT2D eigenvalue weighted by atomic mass is 35.5. The van der Waals surface area contributed by atoms with Crippen LogP contribution in [0.5, 0.6) is 0 Å². The van der Waals surface area contributed by atoms with Gasteiger partial charge in [-0.25, -0.2) is 0 Å². The third-order valence-electron chi connectivity index (χ3n) is 4.83. The highest BCUT2D eigenvalue weighted by Crippen LogP contribution is 2.87. The van der Waals surface area contributed by atoms with Crippen LogP contribution in [-0.2, 0) is 0 Å². The van der Waals surface area contributed by atoms with E-state index in [9.17, 15) is 5.11 Å². The van der Waals surface area contributed by atoms with Gasteiger partial charge in [-0.2, -0.15) is 0 Å². The molecule has 16 heavy (non-hydrogen) atoms. The number of hydrogen-bond donors (Lipinski definition) is 1. The maximum atomic E-state index is 9.47. The van der Waals surface area contributed by atoms with Gasteiger partial charge in [0.1, 0.15) is 0 Å². The Morgan fingerprint density at radius 1 is 1.56 bits per heavy atom. The summed E-state index contributed by atoms with van der Waals surface area (Å²) in [6.45, 7) is 0.0127. The maximum absolute atomic E-state index is 9.47. The second-order valence-electron chi connectivity index (χ2n) is 5.17. The van der Waals surface area contributed by atoms with Gasteiger partial charge >= 0.3 is 0 Å². The second-order valence-corrected chi connectivity index (χ2v) is 6.36. The van der Waals surface area contributed by atoms with E-state index in [0.29, 0.717) is 5.92 Å². The van der Waals surface area contributed by atoms with E-state index in [0.717, 1.165) is 12.1 Å². The Morgan fingerprint density at radius 3 is 3.12 bits per heavy atom. The van der Waals surface area contributed by atoms with Gasteiger partial charge in [0, 0.05) is 23.2 Å². The van der Waals surface area contributed by atoms with E-state index in [1.807, 2.05) is 12.3 Å². The molecule has 84 valence electrons. The van der Waals surface area contributed by atoms with Crippen molar-refractivity contribution in [3.63, 3.8) is 0 Å². The maximum Gasteiger partial charge on any atom is 0.0766 e. The van der Waals surface area contributed by atoms with Gasteiger partial charge < -0.3 is 5.11 Å². The van der Waals surface area contributed by atoms with Crippen LogP contribution in [-0.4, -0.2) is 26.9 Å². The van der Waals surface area contributed by atoms with E-state index >= 15 is 0 Å². The Labute approximate surface area is 104 Å². The summed E-state index contributed by atoms with van der Waals surface area (Å²) in [5, 5.41) is 9.52. The zero-order valence-corrected chi connectivity index (χ0v) is 10.0. The van der Waals surface area contributed by atoms with Gasteiger partial charge in [-0.15, -0.1) is 23.2 Å². The van der Waals surface area contributed by atoms with E-state index < -0.39 is 4.87 Å². The molecule has 1 spiro atoms. The molecule has 3 aliphatic rings. The first-order valence-electron chi connectivity index (χ1n) is 5.55. The van der Waals surface area contributed by atoms with Gasteiger partial charge in [-0.1, -0.05) is 6.07 Å². The van der Waals surface area contributed by atoms with Crippen LogP contribution in [0.3, 0.4) is 0 Å². The average Bonchev–Trinajstić information content (AvgIpc) is 2.86. The topological polar surface area (TPSA) is 33.1 Å². The Balaban J connectivity index is 1.89. The fourth-order valence-corrected chi connectivity index (χ4v) is 5.40. The Kier molecular flexibility index (Phi) is 1.56. The van der Waals surface area contributed by atoms with Gasteiger partial charge in [0.25, 0.3) is 0 Å². The van der Waals surface area contributed by atoms with Gasteiger partial charge in [0.2, 0.25) is 0 Å². The van der Waals surface area contributed by atoms with Gasteiger partial charge in [-0.05, 0) is 24.0 Å². The minimum atomic E-state index is -0.518. The zero-order valence-electron chi connectivity index (χ0n) is 8.53. The first-order chi connectivity index (χ1) is 7.67. The Hall–Kier alpha value is -0.310. The highest BCUT2D eigenvalue weighted by molar-refractivity contribution is 6.31. The van der Waals surface area contributed by atoms with Crippen molar-refractivity contribution in [2.75, 3.05) is 6.61 Å². The van der Waals surface area contributed by atoms with E-state index in [-0.39, 0.29) is 23.3 Å². The van der Waals surface area contributed by atoms with Crippen LogP contribution in [0.1, 0.15) is 29.5 Å². The Bertz CT molecular complexity index is 490. The molecule has 0 saturated heterocycles. The number of hydrogen-bond acceptors (Lipinski definition) is 2. The molecule has 2 saturated carbocycles. The van der Waals surface area contributed by atoms with Crippen LogP contribution < -0.4 is 0 Å². The first-order valence-corrected chi connectivity index (χ1v) is 6.37. The lowest BCUT2D eigenvalue weighted by atomic mass is 9.60. The third kappa shape index (κ3) is 0.711. The first kappa shape index (κ1) is 9.69. The van der Waals surface area contributed by atoms with Crippen molar-refractivity contribution >= 4 is 23.2 Å². The van der Waals surface area contributed by atoms with Gasteiger partial charge in [0.05, 0.1) is 16.9 Å². The number of halogens is 2. The predicted octanol–water partition coefficient (Wildman–Crippen LogP) is 2.24. The van der Waals surface area contributed by atoms with E-state index in [4.69, 9.17) is 23.2 Å². The molecule has 1 aromatic heterocycles. The summed E-state index contributed by atoms with van der Waals surface area (Å²) < 4.78 is 0. The number of fused-ring (bicyclic) bond motifs is 3. The molecule has 0 radical (unpaired) electrons. The molecule has 1 aromatic rings. The van der Waals surface area contributed by atoms with Crippen LogP contribution in [0.4, 0.5) is 0 Å². The molecule has 2 nitrogen and oxygen atoms in total. The van der Waals surface area contributed by atoms with Crippen molar-refractivity contribution < 1.29 is 5.11 Å². The largest absolute Gasteiger partial charge is 0.395 e. The molecule has 0 aromatic carbocycles. The zero-order chi connectivity index (χ0) is 11.1. The second kappa shape index (κ2) is 2.58. The summed E-state index contributed by atoms with van der Waals surface area (Å²) in [5.74, 6) is 0.669. The molecule has 1 N–H and O–H groups in total. The quantitative estimate of drug-likeness (QED) is 0.782. The molecule has 4 heteroatoms. The van der Waals surface area contributed by atoms with E-state index in [1.165, 1.54) is 5.56 Å². The lowest BCUT2D eigenvalue weighted by molar-refractivity contribution is 0.0746. The molecule has 1 heterocycles. The average molecular weight is 256 g/mol. The van der Waals surface area contributed by atoms with Crippen LogP contribution in [0.2, 0.25) is 0 Å². The van der Waals surface area contributed by atoms with Gasteiger partial charge in [0.15, 0.2) is 0 Å². The van der Waals surface area contributed by atoms with Crippen molar-refractivity contribution in [1.29, 1.82) is 0 Å². The number of pyridine rings is 1. The SMILES string of the molecule is OC[C@@]1(Cl)C[C@@H]2c3cccnc3[C@H]3[C@@H](Cl)C231. The molecular formula is C12H11Cl2NO. The molecule has 3 aliphatic carbocycles. The number of rotatable bonds is 1. The molecular weight excluding hydrogens is 245 g/mol. The van der Waals surface area contributed by atoms with Crippen molar-refractivity contribution in [3.8, 4) is 0 Å². The number of alkyl halides is 2. The summed E-state index contributed by atoms with van der Waals surface area (Å²) in [7, 11) is 0. The smallest absolute Gasteiger partial charge is 0.0766 e. The molecule has 2 fully saturated rings. The third-order valence-corrected chi connectivity index (χ3v) is 6.04. The summed E-state index contributed by atoms with van der Waals surface area (Å²) in [6.07, 6.45) is 2.64. The van der Waals surface area contributed by atoms with Crippen molar-refractivity contribution in [2.45, 2.75) is 28.5 Å².